The number of fused-ring (bicyclic) bond motifs is 1. The third-order valence-electron chi connectivity index (χ3n) is 5.43. The molecular formula is C20H15ClN4O2. The number of hydrogen-bond acceptors (Lipinski definition) is 4. The normalized spacial score (nSPS) is 24.3. The number of carbonyl (C=O) groups excluding carboxylic acids is 2. The summed E-state index contributed by atoms with van der Waals surface area (Å²) in [6.07, 6.45) is 5.87. The Bertz CT molecular complexity index is 1090. The summed E-state index contributed by atoms with van der Waals surface area (Å²) in [6.45, 7) is 0. The summed E-state index contributed by atoms with van der Waals surface area (Å²) >= 11 is 6.28. The van der Waals surface area contributed by atoms with Crippen LogP contribution in [-0.4, -0.2) is 27.4 Å². The highest BCUT2D eigenvalue weighted by Crippen LogP contribution is 2.50. The zero-order chi connectivity index (χ0) is 18.6. The Morgan fingerprint density at radius 3 is 2.74 bits per heavy atom. The van der Waals surface area contributed by atoms with Crippen molar-refractivity contribution in [2.45, 2.75) is 24.3 Å². The Balaban J connectivity index is 1.47. The predicted octanol–water partition coefficient (Wildman–Crippen LogP) is 3.66. The second-order valence-electron chi connectivity index (χ2n) is 7.01. The molecule has 7 heteroatoms. The molecule has 1 N–H and O–H groups in total. The minimum absolute atomic E-state index is 0.145. The molecule has 3 heterocycles. The van der Waals surface area contributed by atoms with Gasteiger partial charge in [-0.25, -0.2) is 9.69 Å². The van der Waals surface area contributed by atoms with Crippen molar-refractivity contribution < 1.29 is 9.59 Å². The monoisotopic (exact) mass is 378 g/mol. The largest absolute Gasteiger partial charge is 0.329 e. The zero-order valence-electron chi connectivity index (χ0n) is 14.2. The molecule has 1 spiro atoms. The average molecular weight is 379 g/mol. The molecule has 0 bridgehead atoms. The molecule has 6 nitrogen and oxygen atoms in total. The highest BCUT2D eigenvalue weighted by Gasteiger charge is 2.59. The lowest BCUT2D eigenvalue weighted by atomic mass is 9.65. The van der Waals surface area contributed by atoms with Crippen LogP contribution >= 0.6 is 11.6 Å². The van der Waals surface area contributed by atoms with Gasteiger partial charge in [-0.3, -0.25) is 14.8 Å². The van der Waals surface area contributed by atoms with Crippen molar-refractivity contribution >= 4 is 40.1 Å². The Morgan fingerprint density at radius 1 is 1.11 bits per heavy atom. The quantitative estimate of drug-likeness (QED) is 0.690. The van der Waals surface area contributed by atoms with Crippen LogP contribution in [0.25, 0.3) is 10.9 Å². The van der Waals surface area contributed by atoms with Crippen molar-refractivity contribution in [3.63, 3.8) is 0 Å². The summed E-state index contributed by atoms with van der Waals surface area (Å²) < 4.78 is 0. The molecule has 3 amide bonds. The lowest BCUT2D eigenvalue weighted by Crippen LogP contribution is -2.56. The van der Waals surface area contributed by atoms with E-state index < -0.39 is 11.6 Å². The van der Waals surface area contributed by atoms with Gasteiger partial charge in [0.25, 0.3) is 5.91 Å². The van der Waals surface area contributed by atoms with E-state index in [4.69, 9.17) is 11.6 Å². The van der Waals surface area contributed by atoms with Crippen molar-refractivity contribution in [2.24, 2.45) is 0 Å². The van der Waals surface area contributed by atoms with Crippen LogP contribution in [0, 0.1) is 0 Å². The van der Waals surface area contributed by atoms with E-state index in [1.54, 1.807) is 18.5 Å². The number of anilines is 1. The molecule has 1 aliphatic carbocycles. The van der Waals surface area contributed by atoms with Crippen LogP contribution < -0.4 is 10.2 Å². The number of nitrogens with one attached hydrogen (secondary N) is 1. The van der Waals surface area contributed by atoms with Gasteiger partial charge in [-0.15, -0.1) is 0 Å². The van der Waals surface area contributed by atoms with Crippen LogP contribution in [0.15, 0.2) is 55.0 Å². The lowest BCUT2D eigenvalue weighted by molar-refractivity contribution is -0.125. The summed E-state index contributed by atoms with van der Waals surface area (Å²) in [5, 5.41) is 4.35. The number of carbonyl (C=O) groups is 2. The van der Waals surface area contributed by atoms with Crippen LogP contribution in [0.2, 0.25) is 5.02 Å². The Labute approximate surface area is 160 Å². The Kier molecular flexibility index (Phi) is 3.45. The first kappa shape index (κ1) is 16.2. The maximum atomic E-state index is 13.2. The number of pyridine rings is 2. The van der Waals surface area contributed by atoms with Gasteiger partial charge in [0.2, 0.25) is 0 Å². The van der Waals surface area contributed by atoms with Crippen LogP contribution in [0.1, 0.15) is 24.3 Å². The number of aromatic nitrogens is 2. The number of nitrogens with zero attached hydrogens (tertiary/aromatic N) is 3. The fourth-order valence-electron chi connectivity index (χ4n) is 4.07. The Morgan fingerprint density at radius 2 is 1.93 bits per heavy atom. The van der Waals surface area contributed by atoms with Crippen molar-refractivity contribution in [3.8, 4) is 0 Å². The molecule has 1 saturated heterocycles. The van der Waals surface area contributed by atoms with Crippen molar-refractivity contribution in [3.05, 3.63) is 65.6 Å². The molecule has 5 rings (SSSR count). The number of amides is 3. The van der Waals surface area contributed by atoms with E-state index >= 15 is 0 Å². The second-order valence-corrected chi connectivity index (χ2v) is 7.42. The van der Waals surface area contributed by atoms with Crippen LogP contribution in [-0.2, 0) is 4.79 Å². The minimum Gasteiger partial charge on any atom is -0.323 e. The van der Waals surface area contributed by atoms with Gasteiger partial charge >= 0.3 is 6.03 Å². The third kappa shape index (κ3) is 2.33. The maximum absolute atomic E-state index is 13.2. The van der Waals surface area contributed by atoms with Gasteiger partial charge in [0, 0.05) is 22.8 Å². The predicted molar refractivity (Wildman–Crippen MR) is 102 cm³/mol. The molecule has 134 valence electrons. The van der Waals surface area contributed by atoms with Crippen molar-refractivity contribution in [1.82, 2.24) is 15.3 Å². The van der Waals surface area contributed by atoms with Crippen molar-refractivity contribution in [2.75, 3.05) is 4.90 Å². The molecule has 1 aromatic carbocycles. The van der Waals surface area contributed by atoms with E-state index in [0.29, 0.717) is 29.1 Å². The smallest absolute Gasteiger partial charge is 0.323 e. The number of imide groups is 1. The van der Waals surface area contributed by atoms with Gasteiger partial charge in [-0.1, -0.05) is 29.8 Å². The average Bonchev–Trinajstić information content (AvgIpc) is 2.91. The van der Waals surface area contributed by atoms with Gasteiger partial charge in [-0.2, -0.15) is 0 Å². The highest BCUT2D eigenvalue weighted by molar-refractivity contribution is 6.31. The topological polar surface area (TPSA) is 75.2 Å². The molecule has 2 aromatic heterocycles. The van der Waals surface area contributed by atoms with E-state index in [2.05, 4.69) is 15.3 Å². The Hall–Kier alpha value is -2.99. The van der Waals surface area contributed by atoms with E-state index in [9.17, 15) is 9.59 Å². The molecule has 27 heavy (non-hydrogen) atoms. The summed E-state index contributed by atoms with van der Waals surface area (Å²) in [5.74, 6) is -0.109. The van der Waals surface area contributed by atoms with Gasteiger partial charge in [-0.05, 0) is 42.5 Å². The molecule has 3 aromatic rings. The number of urea groups is 1. The summed E-state index contributed by atoms with van der Waals surface area (Å²) in [6, 6.07) is 10.8. The summed E-state index contributed by atoms with van der Waals surface area (Å²) in [4.78, 5) is 35.5. The molecule has 0 atom stereocenters. The van der Waals surface area contributed by atoms with E-state index in [-0.39, 0.29) is 11.8 Å². The molecular weight excluding hydrogens is 364 g/mol. The maximum Gasteiger partial charge on any atom is 0.329 e. The summed E-state index contributed by atoms with van der Waals surface area (Å²) in [5.41, 5.74) is 1.13. The van der Waals surface area contributed by atoms with Gasteiger partial charge in [0.15, 0.2) is 0 Å². The summed E-state index contributed by atoms with van der Waals surface area (Å²) in [7, 11) is 0. The molecule has 1 aliphatic heterocycles. The first-order valence-corrected chi connectivity index (χ1v) is 9.07. The third-order valence-corrected chi connectivity index (χ3v) is 5.77. The van der Waals surface area contributed by atoms with Crippen LogP contribution in [0.4, 0.5) is 10.5 Å². The molecule has 0 unspecified atom stereocenters. The standard InChI is InChI=1S/C20H15ClN4O2/c21-15-6-2-1-5-14(15)13-8-20(9-13)18(26)25(19(27)24-20)16-11-22-10-12-4-3-7-23-17(12)16/h1-7,10-11,13H,8-9H2,(H,24,27). The van der Waals surface area contributed by atoms with Crippen molar-refractivity contribution in [1.29, 1.82) is 0 Å². The van der Waals surface area contributed by atoms with Crippen LogP contribution in [0.3, 0.4) is 0 Å². The molecule has 1 saturated carbocycles. The lowest BCUT2D eigenvalue weighted by Gasteiger charge is -2.43. The first-order chi connectivity index (χ1) is 13.1. The van der Waals surface area contributed by atoms with Crippen LogP contribution in [0.5, 0.6) is 0 Å². The zero-order valence-corrected chi connectivity index (χ0v) is 15.0. The van der Waals surface area contributed by atoms with E-state index in [1.807, 2.05) is 30.3 Å². The molecule has 2 aliphatic rings. The van der Waals surface area contributed by atoms with E-state index in [0.717, 1.165) is 10.9 Å². The van der Waals surface area contributed by atoms with E-state index in [1.165, 1.54) is 11.1 Å². The first-order valence-electron chi connectivity index (χ1n) is 8.69. The van der Waals surface area contributed by atoms with Gasteiger partial charge in [0.1, 0.15) is 5.54 Å². The number of rotatable bonds is 2. The highest BCUT2D eigenvalue weighted by atomic mass is 35.5. The molecule has 2 fully saturated rings. The number of benzene rings is 1. The second kappa shape index (κ2) is 5.76. The van der Waals surface area contributed by atoms with Gasteiger partial charge < -0.3 is 5.32 Å². The van der Waals surface area contributed by atoms with Gasteiger partial charge in [0.05, 0.1) is 17.4 Å². The minimum atomic E-state index is -0.877. The number of hydrogen-bond donors (Lipinski definition) is 1. The number of halogens is 1. The SMILES string of the molecule is O=C1NC2(CC(c3ccccc3Cl)C2)C(=O)N1c1cncc2cccnc12. The molecule has 0 radical (unpaired) electrons. The fourth-order valence-corrected chi connectivity index (χ4v) is 4.36. The fraction of sp³-hybridized carbons (Fsp3) is 0.200.